The Labute approximate surface area is 90.5 Å². The van der Waals surface area contributed by atoms with Gasteiger partial charge in [-0.2, -0.15) is 0 Å². The molecule has 1 heterocycles. The summed E-state index contributed by atoms with van der Waals surface area (Å²) < 4.78 is 2.01. The van der Waals surface area contributed by atoms with Gasteiger partial charge in [0.2, 0.25) is 0 Å². The van der Waals surface area contributed by atoms with E-state index in [4.69, 9.17) is 0 Å². The summed E-state index contributed by atoms with van der Waals surface area (Å²) in [7, 11) is 0. The molecule has 0 spiro atoms. The minimum atomic E-state index is 0.0519. The van der Waals surface area contributed by atoms with Crippen molar-refractivity contribution in [1.82, 2.24) is 9.78 Å². The molecule has 0 bridgehead atoms. The number of aromatic nitrogens is 2. The first kappa shape index (κ1) is 10.5. The van der Waals surface area contributed by atoms with Crippen molar-refractivity contribution in [1.29, 1.82) is 0 Å². The van der Waals surface area contributed by atoms with E-state index in [1.54, 1.807) is 6.07 Å². The molecule has 1 aromatic heterocycles. The second-order valence-corrected chi connectivity index (χ2v) is 4.48. The van der Waals surface area contributed by atoms with Gasteiger partial charge in [-0.15, -0.1) is 0 Å². The molecule has 1 aliphatic carbocycles. The smallest absolute Gasteiger partial charge is 0.264 e. The second kappa shape index (κ2) is 4.69. The third-order valence-corrected chi connectivity index (χ3v) is 3.43. The van der Waals surface area contributed by atoms with Gasteiger partial charge in [0, 0.05) is 24.2 Å². The Kier molecular flexibility index (Phi) is 3.29. The van der Waals surface area contributed by atoms with Gasteiger partial charge >= 0.3 is 0 Å². The Morgan fingerprint density at radius 3 is 2.60 bits per heavy atom. The van der Waals surface area contributed by atoms with Gasteiger partial charge in [-0.3, -0.25) is 14.6 Å². The maximum absolute atomic E-state index is 11.3. The summed E-state index contributed by atoms with van der Waals surface area (Å²) in [4.78, 5) is 11.3. The van der Waals surface area contributed by atoms with E-state index in [1.807, 2.05) is 4.68 Å². The van der Waals surface area contributed by atoms with Crippen LogP contribution in [-0.4, -0.2) is 9.78 Å². The van der Waals surface area contributed by atoms with Crippen molar-refractivity contribution in [3.8, 4) is 0 Å². The van der Waals surface area contributed by atoms with Gasteiger partial charge in [-0.1, -0.05) is 25.7 Å². The summed E-state index contributed by atoms with van der Waals surface area (Å²) in [5.74, 6) is 0.603. The van der Waals surface area contributed by atoms with Crippen molar-refractivity contribution >= 4 is 0 Å². The Hall–Kier alpha value is -0.990. The maximum atomic E-state index is 11.3. The standard InChI is InChI=1S/C12H20N2O/c1-2-14-11(9-12(15)13-14)10-7-5-3-4-6-8-10/h9-10H,2-8H2,1H3,(H,13,15). The Morgan fingerprint density at radius 1 is 1.33 bits per heavy atom. The normalized spacial score (nSPS) is 19.0. The molecule has 15 heavy (non-hydrogen) atoms. The summed E-state index contributed by atoms with van der Waals surface area (Å²) in [6, 6.07) is 1.79. The molecule has 0 aliphatic heterocycles. The highest BCUT2D eigenvalue weighted by molar-refractivity contribution is 5.08. The van der Waals surface area contributed by atoms with Crippen molar-refractivity contribution in [3.63, 3.8) is 0 Å². The molecule has 0 aromatic carbocycles. The number of rotatable bonds is 2. The van der Waals surface area contributed by atoms with E-state index in [1.165, 1.54) is 44.2 Å². The van der Waals surface area contributed by atoms with Gasteiger partial charge < -0.3 is 0 Å². The zero-order valence-electron chi connectivity index (χ0n) is 9.46. The summed E-state index contributed by atoms with van der Waals surface area (Å²) in [5, 5.41) is 2.87. The van der Waals surface area contributed by atoms with Crippen LogP contribution in [0.5, 0.6) is 0 Å². The first-order valence-corrected chi connectivity index (χ1v) is 6.11. The fourth-order valence-corrected chi connectivity index (χ4v) is 2.62. The molecule has 0 radical (unpaired) electrons. The first-order chi connectivity index (χ1) is 7.31. The van der Waals surface area contributed by atoms with E-state index in [0.717, 1.165) is 6.54 Å². The van der Waals surface area contributed by atoms with E-state index in [9.17, 15) is 4.79 Å². The van der Waals surface area contributed by atoms with Crippen LogP contribution in [0, 0.1) is 0 Å². The van der Waals surface area contributed by atoms with Crippen LogP contribution in [0.1, 0.15) is 57.1 Å². The Morgan fingerprint density at radius 2 is 2.00 bits per heavy atom. The van der Waals surface area contributed by atoms with Crippen molar-refractivity contribution in [2.24, 2.45) is 0 Å². The predicted octanol–water partition coefficient (Wildman–Crippen LogP) is 2.63. The Balaban J connectivity index is 2.22. The summed E-state index contributed by atoms with van der Waals surface area (Å²) >= 11 is 0. The third-order valence-electron chi connectivity index (χ3n) is 3.43. The lowest BCUT2D eigenvalue weighted by molar-refractivity contribution is 0.516. The number of aromatic amines is 1. The molecule has 1 N–H and O–H groups in total. The van der Waals surface area contributed by atoms with Crippen LogP contribution in [0.4, 0.5) is 0 Å². The third kappa shape index (κ3) is 2.33. The fraction of sp³-hybridized carbons (Fsp3) is 0.750. The lowest BCUT2D eigenvalue weighted by atomic mass is 9.96. The molecular weight excluding hydrogens is 188 g/mol. The largest absolute Gasteiger partial charge is 0.289 e. The molecule has 1 aromatic rings. The van der Waals surface area contributed by atoms with Crippen molar-refractivity contribution in [3.05, 3.63) is 22.1 Å². The second-order valence-electron chi connectivity index (χ2n) is 4.48. The fourth-order valence-electron chi connectivity index (χ4n) is 2.62. The molecule has 84 valence electrons. The Bertz CT molecular complexity index is 356. The lowest BCUT2D eigenvalue weighted by Gasteiger charge is -2.15. The average Bonchev–Trinajstić information content (AvgIpc) is 2.47. The molecule has 2 rings (SSSR count). The quantitative estimate of drug-likeness (QED) is 0.745. The number of nitrogens with zero attached hydrogens (tertiary/aromatic N) is 1. The van der Waals surface area contributed by atoms with Gasteiger partial charge in [0.1, 0.15) is 0 Å². The highest BCUT2D eigenvalue weighted by Crippen LogP contribution is 2.30. The summed E-state index contributed by atoms with van der Waals surface area (Å²) in [6.07, 6.45) is 7.84. The van der Waals surface area contributed by atoms with E-state index in [2.05, 4.69) is 12.0 Å². The zero-order valence-corrected chi connectivity index (χ0v) is 9.46. The van der Waals surface area contributed by atoms with Gasteiger partial charge in [0.05, 0.1) is 0 Å². The number of H-pyrrole nitrogens is 1. The van der Waals surface area contributed by atoms with Crippen LogP contribution >= 0.6 is 0 Å². The average molecular weight is 208 g/mol. The number of hydrogen-bond acceptors (Lipinski definition) is 1. The van der Waals surface area contributed by atoms with Crippen LogP contribution < -0.4 is 5.56 Å². The van der Waals surface area contributed by atoms with Crippen LogP contribution in [0.2, 0.25) is 0 Å². The van der Waals surface area contributed by atoms with Gasteiger partial charge in [0.25, 0.3) is 5.56 Å². The molecule has 1 saturated carbocycles. The van der Waals surface area contributed by atoms with Crippen LogP contribution in [-0.2, 0) is 6.54 Å². The maximum Gasteiger partial charge on any atom is 0.264 e. The molecule has 3 nitrogen and oxygen atoms in total. The van der Waals surface area contributed by atoms with Crippen molar-refractivity contribution in [2.75, 3.05) is 0 Å². The SMILES string of the molecule is CCn1[nH]c(=O)cc1C1CCCCCC1. The van der Waals surface area contributed by atoms with Gasteiger partial charge in [-0.05, 0) is 19.8 Å². The van der Waals surface area contributed by atoms with E-state index < -0.39 is 0 Å². The lowest BCUT2D eigenvalue weighted by Crippen LogP contribution is -2.08. The van der Waals surface area contributed by atoms with Crippen LogP contribution in [0.3, 0.4) is 0 Å². The number of aryl methyl sites for hydroxylation is 1. The van der Waals surface area contributed by atoms with Crippen molar-refractivity contribution < 1.29 is 0 Å². The monoisotopic (exact) mass is 208 g/mol. The molecular formula is C12H20N2O. The van der Waals surface area contributed by atoms with Crippen LogP contribution in [0.15, 0.2) is 10.9 Å². The topological polar surface area (TPSA) is 37.8 Å². The van der Waals surface area contributed by atoms with Crippen LogP contribution in [0.25, 0.3) is 0 Å². The molecule has 0 amide bonds. The van der Waals surface area contributed by atoms with Crippen molar-refractivity contribution in [2.45, 2.75) is 57.9 Å². The van der Waals surface area contributed by atoms with E-state index >= 15 is 0 Å². The minimum absolute atomic E-state index is 0.0519. The molecule has 3 heteroatoms. The van der Waals surface area contributed by atoms with E-state index in [-0.39, 0.29) is 5.56 Å². The molecule has 0 atom stereocenters. The molecule has 1 fully saturated rings. The highest BCUT2D eigenvalue weighted by Gasteiger charge is 2.18. The summed E-state index contributed by atoms with van der Waals surface area (Å²) in [6.45, 7) is 2.95. The van der Waals surface area contributed by atoms with Gasteiger partial charge in [0.15, 0.2) is 0 Å². The minimum Gasteiger partial charge on any atom is -0.289 e. The highest BCUT2D eigenvalue weighted by atomic mass is 16.1. The first-order valence-electron chi connectivity index (χ1n) is 6.11. The van der Waals surface area contributed by atoms with Gasteiger partial charge in [-0.25, -0.2) is 0 Å². The van der Waals surface area contributed by atoms with E-state index in [0.29, 0.717) is 5.92 Å². The predicted molar refractivity (Wildman–Crippen MR) is 61.2 cm³/mol. The molecule has 0 unspecified atom stereocenters. The molecule has 1 aliphatic rings. The summed E-state index contributed by atoms with van der Waals surface area (Å²) in [5.41, 5.74) is 1.28. The zero-order chi connectivity index (χ0) is 10.7. The molecule has 0 saturated heterocycles. The number of nitrogens with one attached hydrogen (secondary N) is 1. The number of hydrogen-bond donors (Lipinski definition) is 1.